The molecule has 6 heteroatoms. The number of halogens is 1. The molecule has 1 unspecified atom stereocenters. The lowest BCUT2D eigenvalue weighted by Gasteiger charge is -2.00. The smallest absolute Gasteiger partial charge is 0.338 e. The number of hydrogen-bond donors (Lipinski definition) is 1. The fourth-order valence-corrected chi connectivity index (χ4v) is 2.65. The molecule has 0 saturated carbocycles. The highest BCUT2D eigenvalue weighted by Gasteiger charge is 2.12. The van der Waals surface area contributed by atoms with E-state index in [-0.39, 0.29) is 11.3 Å². The molecular formula is C12H9BrO4S. The zero-order chi connectivity index (χ0) is 13.1. The summed E-state index contributed by atoms with van der Waals surface area (Å²) in [6, 6.07) is 8.50. The van der Waals surface area contributed by atoms with Crippen LogP contribution < -0.4 is 0 Å². The van der Waals surface area contributed by atoms with Gasteiger partial charge < -0.3 is 9.52 Å². The van der Waals surface area contributed by atoms with Gasteiger partial charge in [0.1, 0.15) is 12.0 Å². The lowest BCUT2D eigenvalue weighted by molar-refractivity contribution is 0.0696. The molecule has 94 valence electrons. The number of carboxylic acids is 1. The summed E-state index contributed by atoms with van der Waals surface area (Å²) in [5.74, 6) is -0.498. The van der Waals surface area contributed by atoms with E-state index in [1.54, 1.807) is 24.3 Å². The van der Waals surface area contributed by atoms with Crippen LogP contribution in [0.1, 0.15) is 16.1 Å². The van der Waals surface area contributed by atoms with E-state index in [1.807, 2.05) is 0 Å². The summed E-state index contributed by atoms with van der Waals surface area (Å²) >= 11 is 3.30. The summed E-state index contributed by atoms with van der Waals surface area (Å²) in [6.45, 7) is 0. The maximum atomic E-state index is 12.0. The van der Waals surface area contributed by atoms with Crippen molar-refractivity contribution in [2.24, 2.45) is 0 Å². The van der Waals surface area contributed by atoms with Gasteiger partial charge in [-0.15, -0.1) is 0 Å². The third-order valence-corrected chi connectivity index (χ3v) is 4.12. The maximum absolute atomic E-state index is 12.0. The van der Waals surface area contributed by atoms with Crippen molar-refractivity contribution in [3.05, 3.63) is 52.4 Å². The van der Waals surface area contributed by atoms with Crippen LogP contribution in [0.15, 0.2) is 50.4 Å². The number of rotatable bonds is 4. The second-order valence-corrected chi connectivity index (χ2v) is 5.92. The first kappa shape index (κ1) is 13.0. The Balaban J connectivity index is 2.11. The van der Waals surface area contributed by atoms with Crippen molar-refractivity contribution in [2.45, 2.75) is 10.6 Å². The van der Waals surface area contributed by atoms with Crippen LogP contribution in [0.2, 0.25) is 0 Å². The molecule has 0 saturated heterocycles. The van der Waals surface area contributed by atoms with E-state index in [2.05, 4.69) is 15.9 Å². The fourth-order valence-electron chi connectivity index (χ4n) is 1.37. The number of carbonyl (C=O) groups is 1. The topological polar surface area (TPSA) is 67.5 Å². The lowest BCUT2D eigenvalue weighted by Crippen LogP contribution is -1.96. The molecule has 0 bridgehead atoms. The van der Waals surface area contributed by atoms with Crippen molar-refractivity contribution in [1.82, 2.24) is 0 Å². The molecule has 4 nitrogen and oxygen atoms in total. The van der Waals surface area contributed by atoms with Crippen LogP contribution in [-0.4, -0.2) is 15.3 Å². The Bertz CT molecular complexity index is 588. The van der Waals surface area contributed by atoms with Crippen LogP contribution in [0.25, 0.3) is 0 Å². The Morgan fingerprint density at radius 1 is 1.33 bits per heavy atom. The second-order valence-electron chi connectivity index (χ2n) is 3.55. The van der Waals surface area contributed by atoms with Crippen LogP contribution in [-0.2, 0) is 16.6 Å². The van der Waals surface area contributed by atoms with Crippen LogP contribution in [0.5, 0.6) is 0 Å². The van der Waals surface area contributed by atoms with E-state index < -0.39 is 16.8 Å². The number of hydrogen-bond acceptors (Lipinski definition) is 3. The third kappa shape index (κ3) is 3.08. The highest BCUT2D eigenvalue weighted by Crippen LogP contribution is 2.17. The summed E-state index contributed by atoms with van der Waals surface area (Å²) in [5.41, 5.74) is 0.0674. The first-order chi connectivity index (χ1) is 8.56. The van der Waals surface area contributed by atoms with E-state index in [9.17, 15) is 9.00 Å². The minimum absolute atomic E-state index is 0.0674. The van der Waals surface area contributed by atoms with Gasteiger partial charge in [0.2, 0.25) is 0 Å². The highest BCUT2D eigenvalue weighted by atomic mass is 79.9. The maximum Gasteiger partial charge on any atom is 0.338 e. The van der Waals surface area contributed by atoms with E-state index in [1.165, 1.54) is 6.07 Å². The Labute approximate surface area is 114 Å². The molecule has 2 aromatic rings. The van der Waals surface area contributed by atoms with Gasteiger partial charge in [-0.2, -0.15) is 0 Å². The van der Waals surface area contributed by atoms with Crippen molar-refractivity contribution in [3.63, 3.8) is 0 Å². The Morgan fingerprint density at radius 3 is 2.56 bits per heavy atom. The number of aromatic carboxylic acids is 1. The van der Waals surface area contributed by atoms with Crippen molar-refractivity contribution < 1.29 is 18.5 Å². The molecule has 1 aromatic heterocycles. The molecule has 0 aliphatic rings. The quantitative estimate of drug-likeness (QED) is 0.936. The standard InChI is InChI=1S/C12H9BrO4S/c13-9-1-3-11(4-2-9)18(16)7-10-5-8(6-17-10)12(14)15/h1-6H,7H2,(H,14,15). The van der Waals surface area contributed by atoms with Gasteiger partial charge in [0.25, 0.3) is 0 Å². The van der Waals surface area contributed by atoms with Gasteiger partial charge in [-0.25, -0.2) is 4.79 Å². The van der Waals surface area contributed by atoms with Crippen molar-refractivity contribution in [1.29, 1.82) is 0 Å². The summed E-state index contributed by atoms with van der Waals surface area (Å²) in [6.07, 6.45) is 1.15. The molecule has 1 aromatic carbocycles. The van der Waals surface area contributed by atoms with Gasteiger partial charge in [-0.1, -0.05) is 15.9 Å². The van der Waals surface area contributed by atoms with E-state index in [4.69, 9.17) is 9.52 Å². The molecule has 0 fully saturated rings. The largest absolute Gasteiger partial charge is 0.478 e. The molecule has 1 heterocycles. The summed E-state index contributed by atoms with van der Waals surface area (Å²) < 4.78 is 18.0. The first-order valence-electron chi connectivity index (χ1n) is 5.01. The normalized spacial score (nSPS) is 12.3. The molecule has 1 atom stereocenters. The minimum Gasteiger partial charge on any atom is -0.478 e. The third-order valence-electron chi connectivity index (χ3n) is 2.25. The van der Waals surface area contributed by atoms with Gasteiger partial charge in [0.05, 0.1) is 22.1 Å². The summed E-state index contributed by atoms with van der Waals surface area (Å²) in [7, 11) is -1.25. The molecule has 1 N–H and O–H groups in total. The minimum atomic E-state index is -1.25. The van der Waals surface area contributed by atoms with Gasteiger partial charge in [0, 0.05) is 9.37 Å². The average molecular weight is 329 g/mol. The van der Waals surface area contributed by atoms with E-state index in [0.717, 1.165) is 10.7 Å². The molecule has 0 spiro atoms. The second kappa shape index (κ2) is 5.49. The molecule has 0 aliphatic carbocycles. The van der Waals surface area contributed by atoms with E-state index in [0.29, 0.717) is 10.7 Å². The Hall–Kier alpha value is -1.40. The highest BCUT2D eigenvalue weighted by molar-refractivity contribution is 9.10. The predicted molar refractivity (Wildman–Crippen MR) is 69.9 cm³/mol. The van der Waals surface area contributed by atoms with Crippen LogP contribution in [0, 0.1) is 0 Å². The number of furan rings is 1. The first-order valence-corrected chi connectivity index (χ1v) is 7.12. The van der Waals surface area contributed by atoms with E-state index >= 15 is 0 Å². The molecule has 0 aliphatic heterocycles. The number of benzene rings is 1. The SMILES string of the molecule is O=C(O)c1coc(CS(=O)c2ccc(Br)cc2)c1. The number of carboxylic acid groups (broad SMARTS) is 1. The summed E-state index contributed by atoms with van der Waals surface area (Å²) in [5, 5.41) is 8.74. The zero-order valence-electron chi connectivity index (χ0n) is 9.13. The van der Waals surface area contributed by atoms with Gasteiger partial charge in [0.15, 0.2) is 0 Å². The molecular weight excluding hydrogens is 320 g/mol. The van der Waals surface area contributed by atoms with Crippen molar-refractivity contribution in [2.75, 3.05) is 0 Å². The van der Waals surface area contributed by atoms with Gasteiger partial charge >= 0.3 is 5.97 Å². The summed E-state index contributed by atoms with van der Waals surface area (Å²) in [4.78, 5) is 11.3. The van der Waals surface area contributed by atoms with Gasteiger partial charge in [-0.05, 0) is 30.3 Å². The average Bonchev–Trinajstić information content (AvgIpc) is 2.78. The Kier molecular flexibility index (Phi) is 3.98. The van der Waals surface area contributed by atoms with Crippen LogP contribution >= 0.6 is 15.9 Å². The predicted octanol–water partition coefficient (Wildman–Crippen LogP) is 3.05. The van der Waals surface area contributed by atoms with Gasteiger partial charge in [-0.3, -0.25) is 4.21 Å². The fraction of sp³-hybridized carbons (Fsp3) is 0.0833. The van der Waals surface area contributed by atoms with Crippen LogP contribution in [0.4, 0.5) is 0 Å². The van der Waals surface area contributed by atoms with Crippen molar-refractivity contribution >= 4 is 32.7 Å². The Morgan fingerprint density at radius 2 is 2.00 bits per heavy atom. The molecule has 18 heavy (non-hydrogen) atoms. The molecule has 2 rings (SSSR count). The molecule has 0 radical (unpaired) electrons. The zero-order valence-corrected chi connectivity index (χ0v) is 11.5. The molecule has 0 amide bonds. The lowest BCUT2D eigenvalue weighted by atomic mass is 10.3. The van der Waals surface area contributed by atoms with Crippen molar-refractivity contribution in [3.8, 4) is 0 Å². The monoisotopic (exact) mass is 328 g/mol. The van der Waals surface area contributed by atoms with Crippen LogP contribution in [0.3, 0.4) is 0 Å².